The molecule has 1 fully saturated rings. The van der Waals surface area contributed by atoms with E-state index in [9.17, 15) is 21.6 Å². The maximum Gasteiger partial charge on any atom is 0.417 e. The number of rotatable bonds is 4. The van der Waals surface area contributed by atoms with Gasteiger partial charge in [-0.2, -0.15) is 17.5 Å². The molecule has 1 aliphatic rings. The molecule has 0 saturated carbocycles. The van der Waals surface area contributed by atoms with Crippen LogP contribution in [0.25, 0.3) is 0 Å². The molecule has 0 amide bonds. The third-order valence-corrected chi connectivity index (χ3v) is 5.76. The highest BCUT2D eigenvalue weighted by Crippen LogP contribution is 2.37. The molecule has 1 atom stereocenters. The third kappa shape index (κ3) is 3.56. The van der Waals surface area contributed by atoms with Gasteiger partial charge >= 0.3 is 6.18 Å². The minimum absolute atomic E-state index is 0.0985. The lowest BCUT2D eigenvalue weighted by atomic mass is 10.1. The monoisotopic (exact) mass is 356 g/mol. The second-order valence-electron chi connectivity index (χ2n) is 5.21. The molecule has 4 nitrogen and oxygen atoms in total. The van der Waals surface area contributed by atoms with Crippen molar-refractivity contribution in [2.75, 3.05) is 26.7 Å². The van der Waals surface area contributed by atoms with E-state index in [1.54, 1.807) is 7.05 Å². The van der Waals surface area contributed by atoms with E-state index in [2.05, 4.69) is 5.32 Å². The lowest BCUT2D eigenvalue weighted by Crippen LogP contribution is -2.31. The van der Waals surface area contributed by atoms with E-state index < -0.39 is 26.7 Å². The van der Waals surface area contributed by atoms with Crippen molar-refractivity contribution < 1.29 is 21.6 Å². The van der Waals surface area contributed by atoms with Crippen molar-refractivity contribution in [2.45, 2.75) is 17.5 Å². The summed E-state index contributed by atoms with van der Waals surface area (Å²) >= 11 is 5.58. The number of alkyl halides is 3. The summed E-state index contributed by atoms with van der Waals surface area (Å²) < 4.78 is 65.4. The highest BCUT2D eigenvalue weighted by atomic mass is 35.5. The van der Waals surface area contributed by atoms with Crippen LogP contribution in [0.15, 0.2) is 23.1 Å². The van der Waals surface area contributed by atoms with Gasteiger partial charge in [0.15, 0.2) is 0 Å². The van der Waals surface area contributed by atoms with Crippen LogP contribution in [0.5, 0.6) is 0 Å². The van der Waals surface area contributed by atoms with Crippen LogP contribution in [-0.4, -0.2) is 39.4 Å². The van der Waals surface area contributed by atoms with E-state index in [1.807, 2.05) is 0 Å². The highest BCUT2D eigenvalue weighted by molar-refractivity contribution is 7.89. The van der Waals surface area contributed by atoms with Gasteiger partial charge in [-0.25, -0.2) is 8.42 Å². The number of benzene rings is 1. The summed E-state index contributed by atoms with van der Waals surface area (Å²) in [4.78, 5) is -0.741. The van der Waals surface area contributed by atoms with Crippen molar-refractivity contribution in [1.82, 2.24) is 9.62 Å². The molecular weight excluding hydrogens is 341 g/mol. The van der Waals surface area contributed by atoms with Gasteiger partial charge in [-0.1, -0.05) is 11.6 Å². The topological polar surface area (TPSA) is 49.4 Å². The zero-order chi connectivity index (χ0) is 16.5. The maximum absolute atomic E-state index is 13.1. The summed E-state index contributed by atoms with van der Waals surface area (Å²) in [5.74, 6) is 0.0985. The summed E-state index contributed by atoms with van der Waals surface area (Å²) in [7, 11) is -2.45. The average Bonchev–Trinajstić information content (AvgIpc) is 2.87. The average molecular weight is 357 g/mol. The van der Waals surface area contributed by atoms with Crippen molar-refractivity contribution in [3.63, 3.8) is 0 Å². The molecular formula is C13H16ClF3N2O2S. The Labute approximate surface area is 132 Å². The quantitative estimate of drug-likeness (QED) is 0.902. The van der Waals surface area contributed by atoms with E-state index in [4.69, 9.17) is 11.6 Å². The molecule has 124 valence electrons. The minimum Gasteiger partial charge on any atom is -0.319 e. The van der Waals surface area contributed by atoms with Gasteiger partial charge in [-0.3, -0.25) is 0 Å². The molecule has 0 unspecified atom stereocenters. The molecule has 1 heterocycles. The lowest BCUT2D eigenvalue weighted by Gasteiger charge is -2.20. The molecule has 1 aromatic rings. The first kappa shape index (κ1) is 17.5. The lowest BCUT2D eigenvalue weighted by molar-refractivity contribution is -0.139. The molecule has 0 aliphatic carbocycles. The minimum atomic E-state index is -4.78. The zero-order valence-electron chi connectivity index (χ0n) is 11.8. The Kier molecular flexibility index (Phi) is 5.06. The number of halogens is 4. The molecule has 0 radical (unpaired) electrons. The highest BCUT2D eigenvalue weighted by Gasteiger charge is 2.40. The van der Waals surface area contributed by atoms with Crippen molar-refractivity contribution in [3.05, 3.63) is 28.8 Å². The first-order valence-corrected chi connectivity index (χ1v) is 8.49. The fourth-order valence-corrected chi connectivity index (χ4v) is 4.45. The number of sulfonamides is 1. The first-order valence-electron chi connectivity index (χ1n) is 6.67. The number of nitrogens with one attached hydrogen (secondary N) is 1. The van der Waals surface area contributed by atoms with Gasteiger partial charge in [0.05, 0.1) is 10.5 Å². The summed E-state index contributed by atoms with van der Waals surface area (Å²) in [6.07, 6.45) is -4.16. The van der Waals surface area contributed by atoms with Crippen LogP contribution < -0.4 is 5.32 Å². The number of nitrogens with zero attached hydrogens (tertiary/aromatic N) is 1. The summed E-state index contributed by atoms with van der Waals surface area (Å²) in [5, 5.41) is 2.79. The van der Waals surface area contributed by atoms with Crippen molar-refractivity contribution in [3.8, 4) is 0 Å². The Morgan fingerprint density at radius 2 is 2.09 bits per heavy atom. The summed E-state index contributed by atoms with van der Waals surface area (Å²) in [5.41, 5.74) is -1.22. The Morgan fingerprint density at radius 1 is 1.41 bits per heavy atom. The Bertz CT molecular complexity index is 649. The second-order valence-corrected chi connectivity index (χ2v) is 7.56. The van der Waals surface area contributed by atoms with Gasteiger partial charge in [-0.05, 0) is 44.1 Å². The maximum atomic E-state index is 13.1. The first-order chi connectivity index (χ1) is 10.2. The molecule has 1 saturated heterocycles. The fourth-order valence-electron chi connectivity index (χ4n) is 2.56. The van der Waals surface area contributed by atoms with E-state index in [0.29, 0.717) is 19.0 Å². The standard InChI is InChI=1S/C13H16ClF3N2O2S/c1-18-7-9-4-5-19(8-9)22(20,21)12-3-2-10(14)6-11(12)13(15,16)17/h2-3,6,9,18H,4-5,7-8H2,1H3/t9-/m1/s1. The van der Waals surface area contributed by atoms with Crippen molar-refractivity contribution >= 4 is 21.6 Å². The van der Waals surface area contributed by atoms with Gasteiger partial charge in [0.1, 0.15) is 0 Å². The van der Waals surface area contributed by atoms with Crippen LogP contribution in [-0.2, 0) is 16.2 Å². The molecule has 0 bridgehead atoms. The summed E-state index contributed by atoms with van der Waals surface area (Å²) in [6, 6.07) is 2.73. The predicted molar refractivity (Wildman–Crippen MR) is 77.2 cm³/mol. The third-order valence-electron chi connectivity index (χ3n) is 3.61. The zero-order valence-corrected chi connectivity index (χ0v) is 13.4. The van der Waals surface area contributed by atoms with E-state index in [-0.39, 0.29) is 24.0 Å². The van der Waals surface area contributed by atoms with Gasteiger partial charge in [0.2, 0.25) is 10.0 Å². The van der Waals surface area contributed by atoms with Crippen molar-refractivity contribution in [2.24, 2.45) is 5.92 Å². The Balaban J connectivity index is 2.39. The normalized spacial score (nSPS) is 20.5. The van der Waals surface area contributed by atoms with Crippen LogP contribution in [0.2, 0.25) is 5.02 Å². The van der Waals surface area contributed by atoms with Crippen molar-refractivity contribution in [1.29, 1.82) is 0 Å². The SMILES string of the molecule is CNC[C@H]1CCN(S(=O)(=O)c2ccc(Cl)cc2C(F)(F)F)C1. The Hall–Kier alpha value is -0.830. The Morgan fingerprint density at radius 3 is 2.68 bits per heavy atom. The van der Waals surface area contributed by atoms with Gasteiger partial charge in [0, 0.05) is 18.1 Å². The largest absolute Gasteiger partial charge is 0.417 e. The van der Waals surface area contributed by atoms with Gasteiger partial charge in [-0.15, -0.1) is 0 Å². The van der Waals surface area contributed by atoms with Crippen LogP contribution in [0.4, 0.5) is 13.2 Å². The predicted octanol–water partition coefficient (Wildman–Crippen LogP) is 2.59. The smallest absolute Gasteiger partial charge is 0.319 e. The molecule has 1 aromatic carbocycles. The molecule has 2 rings (SSSR count). The van der Waals surface area contributed by atoms with Gasteiger partial charge in [0.25, 0.3) is 0 Å². The molecule has 22 heavy (non-hydrogen) atoms. The molecule has 1 N–H and O–H groups in total. The van der Waals surface area contributed by atoms with Crippen LogP contribution in [0.3, 0.4) is 0 Å². The molecule has 0 aromatic heterocycles. The van der Waals surface area contributed by atoms with Crippen LogP contribution in [0.1, 0.15) is 12.0 Å². The number of hydrogen-bond donors (Lipinski definition) is 1. The van der Waals surface area contributed by atoms with Crippen LogP contribution in [0, 0.1) is 5.92 Å². The molecule has 9 heteroatoms. The second kappa shape index (κ2) is 6.35. The van der Waals surface area contributed by atoms with E-state index in [1.165, 1.54) is 0 Å². The number of hydrogen-bond acceptors (Lipinski definition) is 3. The fraction of sp³-hybridized carbons (Fsp3) is 0.538. The van der Waals surface area contributed by atoms with E-state index in [0.717, 1.165) is 16.4 Å². The van der Waals surface area contributed by atoms with Crippen LogP contribution >= 0.6 is 11.6 Å². The van der Waals surface area contributed by atoms with Gasteiger partial charge < -0.3 is 5.32 Å². The molecule has 1 aliphatic heterocycles. The van der Waals surface area contributed by atoms with E-state index >= 15 is 0 Å². The molecule has 0 spiro atoms. The summed E-state index contributed by atoms with van der Waals surface area (Å²) in [6.45, 7) is 1.05.